The van der Waals surface area contributed by atoms with E-state index in [1.165, 1.54) is 12.3 Å². The van der Waals surface area contributed by atoms with Crippen molar-refractivity contribution in [2.75, 3.05) is 5.73 Å². The molecule has 0 saturated carbocycles. The van der Waals surface area contributed by atoms with Gasteiger partial charge in [0, 0.05) is 11.7 Å². The van der Waals surface area contributed by atoms with E-state index in [0.717, 1.165) is 12.8 Å². The molecule has 0 fully saturated rings. The van der Waals surface area contributed by atoms with Crippen LogP contribution in [0.25, 0.3) is 0 Å². The minimum absolute atomic E-state index is 0.183. The van der Waals surface area contributed by atoms with Gasteiger partial charge in [-0.25, -0.2) is 4.98 Å². The zero-order valence-electron chi connectivity index (χ0n) is 10.4. The second kappa shape index (κ2) is 5.36. The summed E-state index contributed by atoms with van der Waals surface area (Å²) in [6.07, 6.45) is 3.35. The van der Waals surface area contributed by atoms with Crippen LogP contribution in [-0.2, 0) is 0 Å². The molecule has 0 aliphatic rings. The summed E-state index contributed by atoms with van der Waals surface area (Å²) in [7, 11) is 0. The van der Waals surface area contributed by atoms with Crippen molar-refractivity contribution in [3.05, 3.63) is 22.8 Å². The van der Waals surface area contributed by atoms with Gasteiger partial charge < -0.3 is 11.1 Å². The van der Waals surface area contributed by atoms with Crippen LogP contribution in [0.3, 0.4) is 0 Å². The number of nitrogens with one attached hydrogen (secondary N) is 1. The Morgan fingerprint density at radius 3 is 2.76 bits per heavy atom. The SMILES string of the molecule is CCCC(C)(C)NC(=O)c1cnc(N)c(Cl)c1. The lowest BCUT2D eigenvalue weighted by atomic mass is 9.98. The summed E-state index contributed by atoms with van der Waals surface area (Å²) < 4.78 is 0. The number of halogens is 1. The number of rotatable bonds is 4. The number of aromatic nitrogens is 1. The van der Waals surface area contributed by atoms with Gasteiger partial charge in [-0.15, -0.1) is 0 Å². The van der Waals surface area contributed by atoms with Gasteiger partial charge in [-0.05, 0) is 26.3 Å². The molecule has 0 unspecified atom stereocenters. The molecule has 1 aromatic rings. The van der Waals surface area contributed by atoms with E-state index >= 15 is 0 Å². The van der Waals surface area contributed by atoms with E-state index in [9.17, 15) is 4.79 Å². The van der Waals surface area contributed by atoms with Crippen LogP contribution in [0.5, 0.6) is 0 Å². The van der Waals surface area contributed by atoms with Gasteiger partial charge in [-0.1, -0.05) is 24.9 Å². The van der Waals surface area contributed by atoms with E-state index in [2.05, 4.69) is 17.2 Å². The number of pyridine rings is 1. The van der Waals surface area contributed by atoms with Gasteiger partial charge in [0.2, 0.25) is 0 Å². The molecule has 94 valence electrons. The zero-order valence-corrected chi connectivity index (χ0v) is 11.1. The minimum Gasteiger partial charge on any atom is -0.382 e. The first-order valence-corrected chi connectivity index (χ1v) is 5.97. The summed E-state index contributed by atoms with van der Waals surface area (Å²) in [6.45, 7) is 6.05. The number of nitrogens with zero attached hydrogens (tertiary/aromatic N) is 1. The molecule has 0 aliphatic heterocycles. The van der Waals surface area contributed by atoms with Crippen molar-refractivity contribution in [1.82, 2.24) is 10.3 Å². The maximum Gasteiger partial charge on any atom is 0.253 e. The summed E-state index contributed by atoms with van der Waals surface area (Å²) in [6, 6.07) is 1.53. The highest BCUT2D eigenvalue weighted by Gasteiger charge is 2.20. The molecule has 3 N–H and O–H groups in total. The maximum atomic E-state index is 11.9. The molecule has 1 heterocycles. The van der Waals surface area contributed by atoms with Gasteiger partial charge in [-0.3, -0.25) is 4.79 Å². The third-order valence-corrected chi connectivity index (χ3v) is 2.76. The highest BCUT2D eigenvalue weighted by atomic mass is 35.5. The summed E-state index contributed by atoms with van der Waals surface area (Å²) in [5, 5.41) is 3.24. The molecular weight excluding hydrogens is 238 g/mol. The van der Waals surface area contributed by atoms with Crippen molar-refractivity contribution < 1.29 is 4.79 Å². The molecule has 5 heteroatoms. The van der Waals surface area contributed by atoms with Crippen LogP contribution < -0.4 is 11.1 Å². The smallest absolute Gasteiger partial charge is 0.253 e. The van der Waals surface area contributed by atoms with Crippen LogP contribution in [0.2, 0.25) is 5.02 Å². The summed E-state index contributed by atoms with van der Waals surface area (Å²) in [5.74, 6) is 0.0499. The molecule has 0 radical (unpaired) electrons. The number of amides is 1. The van der Waals surface area contributed by atoms with E-state index < -0.39 is 0 Å². The fraction of sp³-hybridized carbons (Fsp3) is 0.500. The molecule has 0 atom stereocenters. The lowest BCUT2D eigenvalue weighted by molar-refractivity contribution is 0.0908. The molecule has 0 aromatic carbocycles. The Morgan fingerprint density at radius 2 is 2.24 bits per heavy atom. The van der Waals surface area contributed by atoms with Crippen molar-refractivity contribution in [2.45, 2.75) is 39.2 Å². The lowest BCUT2D eigenvalue weighted by Gasteiger charge is -2.25. The van der Waals surface area contributed by atoms with Crippen molar-refractivity contribution in [3.8, 4) is 0 Å². The van der Waals surface area contributed by atoms with Gasteiger partial charge in [-0.2, -0.15) is 0 Å². The van der Waals surface area contributed by atoms with Crippen molar-refractivity contribution in [2.24, 2.45) is 0 Å². The van der Waals surface area contributed by atoms with E-state index in [1.54, 1.807) is 0 Å². The Kier molecular flexibility index (Phi) is 4.34. The number of nitrogen functional groups attached to an aromatic ring is 1. The van der Waals surface area contributed by atoms with Crippen molar-refractivity contribution in [3.63, 3.8) is 0 Å². The van der Waals surface area contributed by atoms with E-state index in [1.807, 2.05) is 13.8 Å². The summed E-state index contributed by atoms with van der Waals surface area (Å²) in [5.41, 5.74) is 5.68. The van der Waals surface area contributed by atoms with Crippen LogP contribution in [0.1, 0.15) is 44.0 Å². The predicted molar refractivity (Wildman–Crippen MR) is 70.1 cm³/mol. The van der Waals surface area contributed by atoms with Gasteiger partial charge in [0.05, 0.1) is 10.6 Å². The number of carbonyl (C=O) groups excluding carboxylic acids is 1. The topological polar surface area (TPSA) is 68.0 Å². The largest absolute Gasteiger partial charge is 0.382 e. The second-order valence-electron chi connectivity index (χ2n) is 4.68. The number of nitrogens with two attached hydrogens (primary N) is 1. The number of hydrogen-bond donors (Lipinski definition) is 2. The van der Waals surface area contributed by atoms with Crippen LogP contribution >= 0.6 is 11.6 Å². The number of carbonyl (C=O) groups is 1. The first-order chi connectivity index (χ1) is 7.85. The minimum atomic E-state index is -0.236. The average Bonchev–Trinajstić information content (AvgIpc) is 2.21. The lowest BCUT2D eigenvalue weighted by Crippen LogP contribution is -2.43. The van der Waals surface area contributed by atoms with Crippen molar-refractivity contribution >= 4 is 23.3 Å². The standard InChI is InChI=1S/C12H18ClN3O/c1-4-5-12(2,3)16-11(17)8-6-9(13)10(14)15-7-8/h6-7H,4-5H2,1-3H3,(H2,14,15)(H,16,17). The third kappa shape index (κ3) is 3.89. The van der Waals surface area contributed by atoms with E-state index in [0.29, 0.717) is 10.6 Å². The normalized spacial score (nSPS) is 11.3. The molecule has 1 rings (SSSR count). The highest BCUT2D eigenvalue weighted by Crippen LogP contribution is 2.18. The van der Waals surface area contributed by atoms with Crippen LogP contribution in [0.15, 0.2) is 12.3 Å². The molecule has 4 nitrogen and oxygen atoms in total. The first-order valence-electron chi connectivity index (χ1n) is 5.59. The predicted octanol–water partition coefficient (Wildman–Crippen LogP) is 2.63. The van der Waals surface area contributed by atoms with Crippen molar-refractivity contribution in [1.29, 1.82) is 0 Å². The Bertz CT molecular complexity index is 418. The molecule has 0 spiro atoms. The Hall–Kier alpha value is -1.29. The molecule has 0 aliphatic carbocycles. The first kappa shape index (κ1) is 13.8. The quantitative estimate of drug-likeness (QED) is 0.869. The van der Waals surface area contributed by atoms with Gasteiger partial charge in [0.1, 0.15) is 5.82 Å². The van der Waals surface area contributed by atoms with E-state index in [4.69, 9.17) is 17.3 Å². The molecule has 0 saturated heterocycles. The molecule has 0 bridgehead atoms. The van der Waals surface area contributed by atoms with Gasteiger partial charge >= 0.3 is 0 Å². The van der Waals surface area contributed by atoms with Gasteiger partial charge in [0.25, 0.3) is 5.91 Å². The van der Waals surface area contributed by atoms with Gasteiger partial charge in [0.15, 0.2) is 0 Å². The number of hydrogen-bond acceptors (Lipinski definition) is 3. The highest BCUT2D eigenvalue weighted by molar-refractivity contribution is 6.33. The fourth-order valence-corrected chi connectivity index (χ4v) is 1.81. The average molecular weight is 256 g/mol. The molecule has 17 heavy (non-hydrogen) atoms. The number of anilines is 1. The molecular formula is C12H18ClN3O. The summed E-state index contributed by atoms with van der Waals surface area (Å²) in [4.78, 5) is 15.8. The van der Waals surface area contributed by atoms with Crippen LogP contribution in [0.4, 0.5) is 5.82 Å². The molecule has 1 aromatic heterocycles. The summed E-state index contributed by atoms with van der Waals surface area (Å²) >= 11 is 5.82. The Balaban J connectivity index is 2.80. The van der Waals surface area contributed by atoms with E-state index in [-0.39, 0.29) is 17.3 Å². The zero-order chi connectivity index (χ0) is 13.1. The van der Waals surface area contributed by atoms with Crippen LogP contribution in [-0.4, -0.2) is 16.4 Å². The maximum absolute atomic E-state index is 11.9. The Labute approximate surface area is 107 Å². The van der Waals surface area contributed by atoms with Crippen LogP contribution in [0, 0.1) is 0 Å². The molecule has 1 amide bonds. The monoisotopic (exact) mass is 255 g/mol. The Morgan fingerprint density at radius 1 is 1.59 bits per heavy atom. The fourth-order valence-electron chi connectivity index (χ4n) is 1.64. The second-order valence-corrected chi connectivity index (χ2v) is 5.09. The third-order valence-electron chi connectivity index (χ3n) is 2.46.